The van der Waals surface area contributed by atoms with Crippen LogP contribution in [0.5, 0.6) is 0 Å². The topological polar surface area (TPSA) is 89.9 Å². The molecule has 3 aromatic rings. The second kappa shape index (κ2) is 7.11. The van der Waals surface area contributed by atoms with Crippen LogP contribution in [0.25, 0.3) is 11.6 Å². The highest BCUT2D eigenvalue weighted by molar-refractivity contribution is 6.30. The minimum atomic E-state index is -0.00650. The van der Waals surface area contributed by atoms with Crippen LogP contribution in [0.4, 0.5) is 0 Å². The lowest BCUT2D eigenvalue weighted by Crippen LogP contribution is -2.29. The van der Waals surface area contributed by atoms with Crippen LogP contribution in [-0.2, 0) is 0 Å². The number of nitrogens with zero attached hydrogens (tertiary/aromatic N) is 6. The molecule has 0 saturated carbocycles. The first-order valence-electron chi connectivity index (χ1n) is 8.82. The summed E-state index contributed by atoms with van der Waals surface area (Å²) >= 11 is 5.89. The van der Waals surface area contributed by atoms with Crippen LogP contribution in [0.2, 0.25) is 5.02 Å². The first-order chi connectivity index (χ1) is 13.0. The second-order valence-electron chi connectivity index (χ2n) is 6.90. The standard InChI is InChI=1S/C18H19ClN6O2/c1-11(2)16-20-17(27-22-16)15-10-25(23-21-15)14-7-8-24(9-14)18(26)12-3-5-13(19)6-4-12/h3-6,10-11,14H,7-9H2,1-2H3/t14-/m1/s1. The first-order valence-corrected chi connectivity index (χ1v) is 9.19. The highest BCUT2D eigenvalue weighted by Crippen LogP contribution is 2.25. The quantitative estimate of drug-likeness (QED) is 0.684. The van der Waals surface area contributed by atoms with Gasteiger partial charge in [0.25, 0.3) is 11.8 Å². The van der Waals surface area contributed by atoms with Gasteiger partial charge < -0.3 is 9.42 Å². The molecule has 1 amide bonds. The smallest absolute Gasteiger partial charge is 0.280 e. The van der Waals surface area contributed by atoms with Gasteiger partial charge in [-0.1, -0.05) is 35.8 Å². The van der Waals surface area contributed by atoms with Crippen molar-refractivity contribution in [3.63, 3.8) is 0 Å². The maximum absolute atomic E-state index is 12.6. The summed E-state index contributed by atoms with van der Waals surface area (Å²) in [6, 6.07) is 7.00. The van der Waals surface area contributed by atoms with E-state index in [1.165, 1.54) is 0 Å². The van der Waals surface area contributed by atoms with Crippen molar-refractivity contribution in [1.29, 1.82) is 0 Å². The lowest BCUT2D eigenvalue weighted by atomic mass is 10.2. The Bertz CT molecular complexity index is 949. The molecule has 0 spiro atoms. The molecule has 1 aromatic carbocycles. The Morgan fingerprint density at radius 2 is 2.07 bits per heavy atom. The summed E-state index contributed by atoms with van der Waals surface area (Å²) in [5.41, 5.74) is 1.17. The summed E-state index contributed by atoms with van der Waals surface area (Å²) in [5, 5.41) is 12.9. The third kappa shape index (κ3) is 3.57. The van der Waals surface area contributed by atoms with E-state index in [4.69, 9.17) is 16.1 Å². The van der Waals surface area contributed by atoms with Gasteiger partial charge in [-0.3, -0.25) is 4.79 Å². The van der Waals surface area contributed by atoms with Gasteiger partial charge in [0, 0.05) is 29.6 Å². The SMILES string of the molecule is CC(C)c1noc(-c2cn([C@@H]3CCN(C(=O)c4ccc(Cl)cc4)C3)nn2)n1. The van der Waals surface area contributed by atoms with Gasteiger partial charge in [0.2, 0.25) is 0 Å². The molecule has 0 aliphatic carbocycles. The van der Waals surface area contributed by atoms with Gasteiger partial charge in [0.05, 0.1) is 12.2 Å². The summed E-state index contributed by atoms with van der Waals surface area (Å²) < 4.78 is 7.03. The van der Waals surface area contributed by atoms with E-state index in [0.717, 1.165) is 6.42 Å². The predicted molar refractivity (Wildman–Crippen MR) is 98.4 cm³/mol. The molecule has 8 nitrogen and oxygen atoms in total. The van der Waals surface area contributed by atoms with Crippen molar-refractivity contribution in [2.45, 2.75) is 32.2 Å². The number of hydrogen-bond donors (Lipinski definition) is 0. The van der Waals surface area contributed by atoms with Crippen LogP contribution in [0.15, 0.2) is 35.0 Å². The fourth-order valence-corrected chi connectivity index (χ4v) is 3.17. The fraction of sp³-hybridized carbons (Fsp3) is 0.389. The molecule has 27 heavy (non-hydrogen) atoms. The molecule has 1 atom stereocenters. The molecule has 0 unspecified atom stereocenters. The third-order valence-electron chi connectivity index (χ3n) is 4.60. The summed E-state index contributed by atoms with van der Waals surface area (Å²) in [4.78, 5) is 18.8. The molecule has 3 heterocycles. The van der Waals surface area contributed by atoms with Gasteiger partial charge in [-0.05, 0) is 30.7 Å². The molecule has 9 heteroatoms. The second-order valence-corrected chi connectivity index (χ2v) is 7.33. The van der Waals surface area contributed by atoms with E-state index in [0.29, 0.717) is 41.1 Å². The number of halogens is 1. The molecule has 1 aliphatic rings. The maximum Gasteiger partial charge on any atom is 0.280 e. The first kappa shape index (κ1) is 17.7. The predicted octanol–water partition coefficient (Wildman–Crippen LogP) is 3.19. The van der Waals surface area contributed by atoms with Gasteiger partial charge in [0.1, 0.15) is 0 Å². The Morgan fingerprint density at radius 3 is 2.78 bits per heavy atom. The normalized spacial score (nSPS) is 17.0. The largest absolute Gasteiger partial charge is 0.336 e. The Balaban J connectivity index is 1.45. The molecule has 0 N–H and O–H groups in total. The van der Waals surface area contributed by atoms with E-state index in [-0.39, 0.29) is 17.9 Å². The highest BCUT2D eigenvalue weighted by Gasteiger charge is 2.29. The van der Waals surface area contributed by atoms with Crippen molar-refractivity contribution in [2.24, 2.45) is 0 Å². The van der Waals surface area contributed by atoms with Gasteiger partial charge >= 0.3 is 0 Å². The van der Waals surface area contributed by atoms with Crippen LogP contribution in [0.3, 0.4) is 0 Å². The van der Waals surface area contributed by atoms with Crippen molar-refractivity contribution >= 4 is 17.5 Å². The Hall–Kier alpha value is -2.74. The Morgan fingerprint density at radius 1 is 1.30 bits per heavy atom. The van der Waals surface area contributed by atoms with Crippen LogP contribution in [0.1, 0.15) is 48.4 Å². The zero-order chi connectivity index (χ0) is 19.0. The molecule has 1 aliphatic heterocycles. The van der Waals surface area contributed by atoms with E-state index in [1.54, 1.807) is 35.1 Å². The van der Waals surface area contributed by atoms with Gasteiger partial charge in [0.15, 0.2) is 11.5 Å². The molecular weight excluding hydrogens is 368 g/mol. The van der Waals surface area contributed by atoms with E-state index in [9.17, 15) is 4.79 Å². The number of carbonyl (C=O) groups is 1. The lowest BCUT2D eigenvalue weighted by molar-refractivity contribution is 0.0787. The number of amides is 1. The number of benzene rings is 1. The molecule has 0 radical (unpaired) electrons. The lowest BCUT2D eigenvalue weighted by Gasteiger charge is -2.16. The Kier molecular flexibility index (Phi) is 4.65. The number of likely N-dealkylation sites (tertiary alicyclic amines) is 1. The molecule has 1 fully saturated rings. The molecule has 0 bridgehead atoms. The summed E-state index contributed by atoms with van der Waals surface area (Å²) in [6.45, 7) is 5.23. The zero-order valence-corrected chi connectivity index (χ0v) is 15.8. The number of carbonyl (C=O) groups excluding carboxylic acids is 1. The summed E-state index contributed by atoms with van der Waals surface area (Å²) in [5.74, 6) is 1.17. The highest BCUT2D eigenvalue weighted by atomic mass is 35.5. The van der Waals surface area contributed by atoms with Crippen molar-refractivity contribution < 1.29 is 9.32 Å². The van der Waals surface area contributed by atoms with Gasteiger partial charge in [-0.2, -0.15) is 4.98 Å². The minimum absolute atomic E-state index is 0.00650. The van der Waals surface area contributed by atoms with E-state index < -0.39 is 0 Å². The number of aromatic nitrogens is 5. The fourth-order valence-electron chi connectivity index (χ4n) is 3.04. The van der Waals surface area contributed by atoms with E-state index in [1.807, 2.05) is 18.7 Å². The summed E-state index contributed by atoms with van der Waals surface area (Å²) in [6.07, 6.45) is 2.60. The average Bonchev–Trinajstić information content (AvgIpc) is 3.40. The minimum Gasteiger partial charge on any atom is -0.336 e. The average molecular weight is 387 g/mol. The Labute approximate surface area is 161 Å². The van der Waals surface area contributed by atoms with Crippen molar-refractivity contribution in [1.82, 2.24) is 30.0 Å². The number of hydrogen-bond acceptors (Lipinski definition) is 6. The molecule has 1 saturated heterocycles. The van der Waals surface area contributed by atoms with Gasteiger partial charge in [-0.15, -0.1) is 5.10 Å². The van der Waals surface area contributed by atoms with Crippen LogP contribution >= 0.6 is 11.6 Å². The molecule has 140 valence electrons. The molecular formula is C18H19ClN6O2. The van der Waals surface area contributed by atoms with Gasteiger partial charge in [-0.25, -0.2) is 4.68 Å². The van der Waals surface area contributed by atoms with Crippen LogP contribution in [-0.4, -0.2) is 49.0 Å². The van der Waals surface area contributed by atoms with Crippen molar-refractivity contribution in [2.75, 3.05) is 13.1 Å². The van der Waals surface area contributed by atoms with Crippen molar-refractivity contribution in [3.05, 3.63) is 46.9 Å². The maximum atomic E-state index is 12.6. The van der Waals surface area contributed by atoms with Crippen molar-refractivity contribution in [3.8, 4) is 11.6 Å². The summed E-state index contributed by atoms with van der Waals surface area (Å²) in [7, 11) is 0. The number of rotatable bonds is 4. The zero-order valence-electron chi connectivity index (χ0n) is 15.0. The van der Waals surface area contributed by atoms with E-state index >= 15 is 0 Å². The van der Waals surface area contributed by atoms with Crippen LogP contribution in [0, 0.1) is 0 Å². The van der Waals surface area contributed by atoms with Crippen LogP contribution < -0.4 is 0 Å². The third-order valence-corrected chi connectivity index (χ3v) is 4.86. The molecule has 4 rings (SSSR count). The van der Waals surface area contributed by atoms with E-state index in [2.05, 4.69) is 20.5 Å². The molecule has 2 aromatic heterocycles. The monoisotopic (exact) mass is 386 g/mol.